The first kappa shape index (κ1) is 15.0. The maximum Gasteiger partial charge on any atom is 0.148 e. The summed E-state index contributed by atoms with van der Waals surface area (Å²) in [6.45, 7) is 0.781. The number of halogens is 1. The third-order valence-corrected chi connectivity index (χ3v) is 3.35. The van der Waals surface area contributed by atoms with Crippen LogP contribution in [0.3, 0.4) is 0 Å². The maximum absolute atomic E-state index is 9.13. The summed E-state index contributed by atoms with van der Waals surface area (Å²) in [7, 11) is 0. The van der Waals surface area contributed by atoms with E-state index in [-0.39, 0.29) is 6.61 Å². The zero-order valence-corrected chi connectivity index (χ0v) is 12.9. The van der Waals surface area contributed by atoms with Crippen molar-refractivity contribution >= 4 is 21.6 Å². The molecule has 1 N–H and O–H groups in total. The molecule has 3 nitrogen and oxygen atoms in total. The van der Waals surface area contributed by atoms with Gasteiger partial charge < -0.3 is 10.1 Å². The zero-order valence-electron chi connectivity index (χ0n) is 11.3. The third kappa shape index (κ3) is 4.02. The van der Waals surface area contributed by atoms with Gasteiger partial charge in [-0.2, -0.15) is 5.26 Å². The van der Waals surface area contributed by atoms with Gasteiger partial charge in [0.05, 0.1) is 11.3 Å². The van der Waals surface area contributed by atoms with Crippen molar-refractivity contribution in [1.29, 1.82) is 5.26 Å². The summed E-state index contributed by atoms with van der Waals surface area (Å²) in [6.07, 6.45) is 5.21. The Morgan fingerprint density at radius 1 is 1.24 bits per heavy atom. The first-order valence-corrected chi connectivity index (χ1v) is 7.11. The van der Waals surface area contributed by atoms with Crippen LogP contribution >= 0.6 is 15.9 Å². The number of ether oxygens (including phenoxy) is 1. The monoisotopic (exact) mass is 340 g/mol. The summed E-state index contributed by atoms with van der Waals surface area (Å²) in [5.41, 5.74) is 2.36. The Bertz CT molecular complexity index is 713. The fourth-order valence-corrected chi connectivity index (χ4v) is 2.22. The molecule has 2 aromatic rings. The van der Waals surface area contributed by atoms with Crippen molar-refractivity contribution in [2.75, 3.05) is 11.9 Å². The number of terminal acetylenes is 1. The van der Waals surface area contributed by atoms with E-state index in [2.05, 4.69) is 33.2 Å². The molecule has 21 heavy (non-hydrogen) atoms. The fourth-order valence-electron chi connectivity index (χ4n) is 1.86. The van der Waals surface area contributed by atoms with Crippen LogP contribution in [0, 0.1) is 23.7 Å². The van der Waals surface area contributed by atoms with Gasteiger partial charge >= 0.3 is 0 Å². The Morgan fingerprint density at radius 3 is 2.81 bits per heavy atom. The standard InChI is InChI=1S/C17H13BrN2O/c1-2-9-21-17-6-4-3-5-14(17)12-20-16-10-15(18)8-7-13(16)11-19/h1,3-8,10,20H,9,12H2. The highest BCUT2D eigenvalue weighted by Crippen LogP contribution is 2.23. The van der Waals surface area contributed by atoms with Crippen molar-refractivity contribution in [2.24, 2.45) is 0 Å². The lowest BCUT2D eigenvalue weighted by atomic mass is 10.1. The van der Waals surface area contributed by atoms with Crippen molar-refractivity contribution in [2.45, 2.75) is 6.54 Å². The number of nitrogens with one attached hydrogen (secondary N) is 1. The summed E-state index contributed by atoms with van der Waals surface area (Å²) in [5, 5.41) is 12.4. The molecule has 0 aliphatic carbocycles. The minimum absolute atomic E-state index is 0.233. The quantitative estimate of drug-likeness (QED) is 0.838. The van der Waals surface area contributed by atoms with Gasteiger partial charge in [-0.3, -0.25) is 0 Å². The first-order valence-electron chi connectivity index (χ1n) is 6.32. The van der Waals surface area contributed by atoms with Crippen molar-refractivity contribution in [3.05, 3.63) is 58.1 Å². The van der Waals surface area contributed by atoms with Crippen molar-refractivity contribution < 1.29 is 4.74 Å². The van der Waals surface area contributed by atoms with Crippen LogP contribution in [0.2, 0.25) is 0 Å². The average molecular weight is 341 g/mol. The molecule has 104 valence electrons. The molecule has 0 radical (unpaired) electrons. The van der Waals surface area contributed by atoms with Gasteiger partial charge in [0.25, 0.3) is 0 Å². The van der Waals surface area contributed by atoms with Gasteiger partial charge in [-0.1, -0.05) is 40.0 Å². The number of benzene rings is 2. The Kier molecular flexibility index (Phi) is 5.26. The van der Waals surface area contributed by atoms with Crippen LogP contribution in [0.15, 0.2) is 46.9 Å². The molecular weight excluding hydrogens is 328 g/mol. The number of hydrogen-bond acceptors (Lipinski definition) is 3. The largest absolute Gasteiger partial charge is 0.481 e. The number of para-hydroxylation sites is 1. The average Bonchev–Trinajstić information content (AvgIpc) is 2.52. The van der Waals surface area contributed by atoms with E-state index in [1.165, 1.54) is 0 Å². The molecule has 0 saturated carbocycles. The molecule has 2 rings (SSSR count). The molecule has 2 aromatic carbocycles. The van der Waals surface area contributed by atoms with Gasteiger partial charge in [0.15, 0.2) is 0 Å². The second-order valence-electron chi connectivity index (χ2n) is 4.26. The van der Waals surface area contributed by atoms with E-state index in [0.717, 1.165) is 21.5 Å². The van der Waals surface area contributed by atoms with Crippen molar-refractivity contribution in [3.8, 4) is 24.2 Å². The maximum atomic E-state index is 9.13. The van der Waals surface area contributed by atoms with Gasteiger partial charge in [-0.05, 0) is 24.3 Å². The predicted octanol–water partition coefficient (Wildman–Crippen LogP) is 3.94. The molecule has 0 aliphatic heterocycles. The number of nitriles is 1. The second kappa shape index (κ2) is 7.38. The van der Waals surface area contributed by atoms with Gasteiger partial charge in [-0.25, -0.2) is 0 Å². The molecule has 0 spiro atoms. The van der Waals surface area contributed by atoms with Crippen LogP contribution < -0.4 is 10.1 Å². The second-order valence-corrected chi connectivity index (χ2v) is 5.17. The topological polar surface area (TPSA) is 45.0 Å². The number of hydrogen-bond donors (Lipinski definition) is 1. The normalized spacial score (nSPS) is 9.48. The molecule has 0 aliphatic rings. The lowest BCUT2D eigenvalue weighted by molar-refractivity contribution is 0.366. The van der Waals surface area contributed by atoms with Crippen LogP contribution in [-0.4, -0.2) is 6.61 Å². The Balaban J connectivity index is 2.16. The lowest BCUT2D eigenvalue weighted by Gasteiger charge is -2.12. The van der Waals surface area contributed by atoms with E-state index in [0.29, 0.717) is 12.1 Å². The summed E-state index contributed by atoms with van der Waals surface area (Å²) in [6, 6.07) is 15.3. The lowest BCUT2D eigenvalue weighted by Crippen LogP contribution is -2.04. The molecule has 0 unspecified atom stereocenters. The molecule has 4 heteroatoms. The zero-order chi connectivity index (χ0) is 15.1. The number of anilines is 1. The minimum atomic E-state index is 0.233. The number of nitrogens with zero attached hydrogens (tertiary/aromatic N) is 1. The van der Waals surface area contributed by atoms with E-state index in [1.54, 1.807) is 6.07 Å². The molecule has 0 fully saturated rings. The van der Waals surface area contributed by atoms with Crippen LogP contribution in [0.1, 0.15) is 11.1 Å². The number of rotatable bonds is 5. The van der Waals surface area contributed by atoms with Crippen LogP contribution in [0.25, 0.3) is 0 Å². The summed E-state index contributed by atoms with van der Waals surface area (Å²) in [5.74, 6) is 3.20. The fraction of sp³-hybridized carbons (Fsp3) is 0.118. The van der Waals surface area contributed by atoms with Crippen molar-refractivity contribution in [3.63, 3.8) is 0 Å². The molecule has 0 aromatic heterocycles. The highest BCUT2D eigenvalue weighted by molar-refractivity contribution is 9.10. The Labute approximate surface area is 132 Å². The highest BCUT2D eigenvalue weighted by Gasteiger charge is 2.06. The molecule has 0 heterocycles. The smallest absolute Gasteiger partial charge is 0.148 e. The summed E-state index contributed by atoms with van der Waals surface area (Å²) in [4.78, 5) is 0. The van der Waals surface area contributed by atoms with Gasteiger partial charge in [0, 0.05) is 16.6 Å². The molecular formula is C17H13BrN2O. The van der Waals surface area contributed by atoms with Gasteiger partial charge in [-0.15, -0.1) is 6.42 Å². The molecule has 0 saturated heterocycles. The molecule has 0 bridgehead atoms. The summed E-state index contributed by atoms with van der Waals surface area (Å²) >= 11 is 3.40. The van der Waals surface area contributed by atoms with E-state index in [9.17, 15) is 0 Å². The Hall–Kier alpha value is -2.43. The van der Waals surface area contributed by atoms with Crippen LogP contribution in [0.5, 0.6) is 5.75 Å². The van der Waals surface area contributed by atoms with Gasteiger partial charge in [0.1, 0.15) is 18.4 Å². The summed E-state index contributed by atoms with van der Waals surface area (Å²) < 4.78 is 6.42. The van der Waals surface area contributed by atoms with Gasteiger partial charge in [0.2, 0.25) is 0 Å². The Morgan fingerprint density at radius 2 is 2.05 bits per heavy atom. The highest BCUT2D eigenvalue weighted by atomic mass is 79.9. The van der Waals surface area contributed by atoms with Crippen molar-refractivity contribution in [1.82, 2.24) is 0 Å². The predicted molar refractivity (Wildman–Crippen MR) is 87.0 cm³/mol. The first-order chi connectivity index (χ1) is 10.2. The van der Waals surface area contributed by atoms with E-state index in [1.807, 2.05) is 36.4 Å². The van der Waals surface area contributed by atoms with E-state index in [4.69, 9.17) is 16.4 Å². The van der Waals surface area contributed by atoms with E-state index < -0.39 is 0 Å². The SMILES string of the molecule is C#CCOc1ccccc1CNc1cc(Br)ccc1C#N. The minimum Gasteiger partial charge on any atom is -0.481 e. The molecule has 0 atom stereocenters. The third-order valence-electron chi connectivity index (χ3n) is 2.85. The molecule has 0 amide bonds. The van der Waals surface area contributed by atoms with Crippen LogP contribution in [-0.2, 0) is 6.54 Å². The van der Waals surface area contributed by atoms with E-state index >= 15 is 0 Å². The van der Waals surface area contributed by atoms with Crippen LogP contribution in [0.4, 0.5) is 5.69 Å².